The van der Waals surface area contributed by atoms with Gasteiger partial charge in [-0.3, -0.25) is 9.78 Å². The molecule has 0 radical (unpaired) electrons. The smallest absolute Gasteiger partial charge is 0.258 e. The zero-order valence-corrected chi connectivity index (χ0v) is 18.8. The zero-order chi connectivity index (χ0) is 22.8. The van der Waals surface area contributed by atoms with E-state index >= 15 is 0 Å². The van der Waals surface area contributed by atoms with Crippen LogP contribution in [-0.4, -0.2) is 59.0 Å². The number of halogens is 1. The number of anilines is 1. The number of carbonyl (C=O) groups excluding carboxylic acids is 1. The van der Waals surface area contributed by atoms with Crippen LogP contribution in [0.5, 0.6) is 5.75 Å². The van der Waals surface area contributed by atoms with Crippen molar-refractivity contribution in [1.82, 2.24) is 14.8 Å². The van der Waals surface area contributed by atoms with Crippen molar-refractivity contribution in [2.24, 2.45) is 0 Å². The van der Waals surface area contributed by atoms with Gasteiger partial charge in [0.1, 0.15) is 11.3 Å². The van der Waals surface area contributed by atoms with Crippen molar-refractivity contribution in [2.75, 3.05) is 38.5 Å². The van der Waals surface area contributed by atoms with Gasteiger partial charge in [0.2, 0.25) is 0 Å². The van der Waals surface area contributed by atoms with E-state index in [9.17, 15) is 14.3 Å². The van der Waals surface area contributed by atoms with Crippen molar-refractivity contribution in [3.63, 3.8) is 0 Å². The van der Waals surface area contributed by atoms with Gasteiger partial charge in [-0.25, -0.2) is 4.39 Å². The number of aromatic nitrogens is 1. The number of nitrogens with one attached hydrogen (secondary N) is 1. The number of aromatic hydroxyl groups is 1. The Kier molecular flexibility index (Phi) is 6.28. The maximum Gasteiger partial charge on any atom is 0.258 e. The molecule has 3 aromatic rings. The molecule has 1 aliphatic heterocycles. The molecule has 2 aromatic carbocycles. The van der Waals surface area contributed by atoms with Crippen LogP contribution in [0.15, 0.2) is 36.5 Å². The van der Waals surface area contributed by atoms with Gasteiger partial charge in [-0.1, -0.05) is 26.0 Å². The molecule has 4 rings (SSSR count). The number of hydrogen-bond donors (Lipinski definition) is 2. The van der Waals surface area contributed by atoms with Crippen LogP contribution in [0, 0.1) is 5.82 Å². The van der Waals surface area contributed by atoms with Gasteiger partial charge in [-0.2, -0.15) is 0 Å². The first-order valence-corrected chi connectivity index (χ1v) is 11.1. The summed E-state index contributed by atoms with van der Waals surface area (Å²) >= 11 is 0. The molecule has 2 heterocycles. The molecule has 0 atom stereocenters. The van der Waals surface area contributed by atoms with E-state index in [2.05, 4.69) is 29.0 Å². The molecule has 0 saturated carbocycles. The van der Waals surface area contributed by atoms with Crippen molar-refractivity contribution >= 4 is 22.5 Å². The average Bonchev–Trinajstić information content (AvgIpc) is 3.12. The summed E-state index contributed by atoms with van der Waals surface area (Å²) in [5, 5.41) is 15.0. The van der Waals surface area contributed by atoms with Crippen LogP contribution in [0.1, 0.15) is 40.9 Å². The van der Waals surface area contributed by atoms with E-state index < -0.39 is 0 Å². The predicted octanol–water partition coefficient (Wildman–Crippen LogP) is 4.01. The molecule has 1 aromatic heterocycles. The van der Waals surface area contributed by atoms with Crippen molar-refractivity contribution in [3.05, 3.63) is 64.6 Å². The molecule has 0 saturated heterocycles. The second-order valence-electron chi connectivity index (χ2n) is 8.12. The van der Waals surface area contributed by atoms with Gasteiger partial charge in [0.05, 0.1) is 5.56 Å². The van der Waals surface area contributed by atoms with Gasteiger partial charge in [0.15, 0.2) is 5.75 Å². The summed E-state index contributed by atoms with van der Waals surface area (Å²) in [4.78, 5) is 21.7. The molecule has 7 heteroatoms. The standard InChI is InChI=1S/C25H29FN4O2/c1-4-29(5-2)10-11-30-15-20-21(25(30)32)24(31)23-19(22(20)27-3)13-17(14-28-23)12-16-6-8-18(26)9-7-16/h6-9,13-14,27,31H,4-5,10-12,15H2,1-3H3. The van der Waals surface area contributed by atoms with Gasteiger partial charge in [0.25, 0.3) is 5.91 Å². The van der Waals surface area contributed by atoms with Crippen molar-refractivity contribution in [2.45, 2.75) is 26.8 Å². The molecule has 1 amide bonds. The summed E-state index contributed by atoms with van der Waals surface area (Å²) in [6.45, 7) is 7.94. The number of pyridine rings is 1. The first-order chi connectivity index (χ1) is 15.5. The Bertz CT molecular complexity index is 1140. The minimum absolute atomic E-state index is 0.0577. The highest BCUT2D eigenvalue weighted by molar-refractivity contribution is 6.11. The molecule has 0 aliphatic carbocycles. The normalized spacial score (nSPS) is 13.3. The second kappa shape index (κ2) is 9.12. The molecular weight excluding hydrogens is 407 g/mol. The molecule has 0 fully saturated rings. The Labute approximate surface area is 187 Å². The lowest BCUT2D eigenvalue weighted by Crippen LogP contribution is -2.35. The Balaban J connectivity index is 1.69. The lowest BCUT2D eigenvalue weighted by atomic mass is 9.98. The van der Waals surface area contributed by atoms with E-state index in [1.807, 2.05) is 13.1 Å². The minimum Gasteiger partial charge on any atom is -0.505 e. The minimum atomic E-state index is -0.265. The summed E-state index contributed by atoms with van der Waals surface area (Å²) < 4.78 is 13.2. The van der Waals surface area contributed by atoms with Crippen LogP contribution in [0.2, 0.25) is 0 Å². The van der Waals surface area contributed by atoms with Gasteiger partial charge < -0.3 is 20.2 Å². The Morgan fingerprint density at radius 1 is 1.19 bits per heavy atom. The molecule has 0 unspecified atom stereocenters. The van der Waals surface area contributed by atoms with Gasteiger partial charge in [-0.05, 0) is 48.8 Å². The highest BCUT2D eigenvalue weighted by Gasteiger charge is 2.34. The molecule has 2 N–H and O–H groups in total. The number of rotatable bonds is 8. The van der Waals surface area contributed by atoms with E-state index in [0.717, 1.165) is 47.4 Å². The predicted molar refractivity (Wildman–Crippen MR) is 125 cm³/mol. The maximum absolute atomic E-state index is 13.2. The average molecular weight is 437 g/mol. The molecule has 0 bridgehead atoms. The van der Waals surface area contributed by atoms with Gasteiger partial charge >= 0.3 is 0 Å². The van der Waals surface area contributed by atoms with E-state index in [-0.39, 0.29) is 17.5 Å². The quantitative estimate of drug-likeness (QED) is 0.522. The zero-order valence-electron chi connectivity index (χ0n) is 18.8. The number of phenolic OH excluding ortho intramolecular Hbond substituents is 1. The van der Waals surface area contributed by atoms with Crippen molar-refractivity contribution in [3.8, 4) is 5.75 Å². The number of hydrogen-bond acceptors (Lipinski definition) is 5. The van der Waals surface area contributed by atoms with E-state index in [1.165, 1.54) is 12.1 Å². The number of likely N-dealkylation sites (N-methyl/N-ethyl adjacent to an activating group) is 1. The fourth-order valence-electron chi connectivity index (χ4n) is 4.45. The van der Waals surface area contributed by atoms with Crippen LogP contribution >= 0.6 is 0 Å². The molecule has 0 spiro atoms. The third-order valence-electron chi connectivity index (χ3n) is 6.28. The van der Waals surface area contributed by atoms with Crippen LogP contribution < -0.4 is 5.32 Å². The van der Waals surface area contributed by atoms with Crippen LogP contribution in [0.4, 0.5) is 10.1 Å². The van der Waals surface area contributed by atoms with E-state index in [1.54, 1.807) is 23.2 Å². The summed E-state index contributed by atoms with van der Waals surface area (Å²) in [6.07, 6.45) is 2.30. The summed E-state index contributed by atoms with van der Waals surface area (Å²) in [5.41, 5.74) is 4.31. The fraction of sp³-hybridized carbons (Fsp3) is 0.360. The van der Waals surface area contributed by atoms with Crippen LogP contribution in [-0.2, 0) is 13.0 Å². The van der Waals surface area contributed by atoms with Gasteiger partial charge in [0, 0.05) is 49.5 Å². The maximum atomic E-state index is 13.2. The number of phenols is 1. The number of fused-ring (bicyclic) bond motifs is 2. The molecule has 6 nitrogen and oxygen atoms in total. The lowest BCUT2D eigenvalue weighted by molar-refractivity contribution is 0.0758. The first-order valence-electron chi connectivity index (χ1n) is 11.1. The molecule has 32 heavy (non-hydrogen) atoms. The third-order valence-corrected chi connectivity index (χ3v) is 6.28. The van der Waals surface area contributed by atoms with Gasteiger partial charge in [-0.15, -0.1) is 0 Å². The molecule has 168 valence electrons. The summed E-state index contributed by atoms with van der Waals surface area (Å²) in [6, 6.07) is 8.39. The molecular formula is C25H29FN4O2. The number of amides is 1. The van der Waals surface area contributed by atoms with Crippen LogP contribution in [0.3, 0.4) is 0 Å². The highest BCUT2D eigenvalue weighted by Crippen LogP contribution is 2.42. The van der Waals surface area contributed by atoms with E-state index in [0.29, 0.717) is 30.6 Å². The number of carbonyl (C=O) groups is 1. The Morgan fingerprint density at radius 2 is 1.91 bits per heavy atom. The summed E-state index contributed by atoms with van der Waals surface area (Å²) in [7, 11) is 1.82. The van der Waals surface area contributed by atoms with Crippen molar-refractivity contribution < 1.29 is 14.3 Å². The molecule has 1 aliphatic rings. The second-order valence-corrected chi connectivity index (χ2v) is 8.12. The Morgan fingerprint density at radius 3 is 2.56 bits per heavy atom. The third kappa shape index (κ3) is 4.00. The fourth-order valence-corrected chi connectivity index (χ4v) is 4.45. The topological polar surface area (TPSA) is 68.7 Å². The SMILES string of the molecule is CCN(CC)CCN1Cc2c(c(O)c3ncc(Cc4ccc(F)cc4)cc3c2NC)C1=O. The van der Waals surface area contributed by atoms with Crippen LogP contribution in [0.25, 0.3) is 10.9 Å². The largest absolute Gasteiger partial charge is 0.505 e. The summed E-state index contributed by atoms with van der Waals surface area (Å²) in [5.74, 6) is -0.475. The monoisotopic (exact) mass is 436 g/mol. The Hall–Kier alpha value is -3.19. The van der Waals surface area contributed by atoms with E-state index in [4.69, 9.17) is 0 Å². The highest BCUT2D eigenvalue weighted by atomic mass is 19.1. The number of benzene rings is 2. The number of nitrogens with zero attached hydrogens (tertiary/aromatic N) is 3. The van der Waals surface area contributed by atoms with Crippen molar-refractivity contribution in [1.29, 1.82) is 0 Å². The lowest BCUT2D eigenvalue weighted by Gasteiger charge is -2.22. The first kappa shape index (κ1) is 22.0.